The van der Waals surface area contributed by atoms with Crippen molar-refractivity contribution in [1.82, 2.24) is 0 Å². The van der Waals surface area contributed by atoms with Gasteiger partial charge in [0.2, 0.25) is 0 Å². The molecule has 0 aromatic heterocycles. The monoisotopic (exact) mass is 323 g/mol. The van der Waals surface area contributed by atoms with Gasteiger partial charge in [-0.15, -0.1) is 0 Å². The van der Waals surface area contributed by atoms with Crippen LogP contribution in [0.1, 0.15) is 24.1 Å². The van der Waals surface area contributed by atoms with Gasteiger partial charge < -0.3 is 10.5 Å². The molecule has 0 amide bonds. The van der Waals surface area contributed by atoms with Gasteiger partial charge >= 0.3 is 0 Å². The maximum absolute atomic E-state index is 13.6. The number of ether oxygens (including phenoxy) is 1. The molecular formula is C15H15BrFNO. The highest BCUT2D eigenvalue weighted by Gasteiger charge is 2.09. The lowest BCUT2D eigenvalue weighted by Gasteiger charge is -2.14. The Morgan fingerprint density at radius 1 is 1.26 bits per heavy atom. The molecule has 4 heteroatoms. The van der Waals surface area contributed by atoms with E-state index in [-0.39, 0.29) is 18.5 Å². The van der Waals surface area contributed by atoms with E-state index in [1.165, 1.54) is 6.07 Å². The van der Waals surface area contributed by atoms with E-state index in [2.05, 4.69) is 15.9 Å². The van der Waals surface area contributed by atoms with Gasteiger partial charge in [-0.3, -0.25) is 0 Å². The van der Waals surface area contributed by atoms with E-state index in [0.717, 1.165) is 10.0 Å². The maximum Gasteiger partial charge on any atom is 0.129 e. The predicted molar refractivity (Wildman–Crippen MR) is 77.5 cm³/mol. The van der Waals surface area contributed by atoms with Gasteiger partial charge in [-0.2, -0.15) is 0 Å². The quantitative estimate of drug-likeness (QED) is 0.915. The molecule has 0 spiro atoms. The third-order valence-corrected chi connectivity index (χ3v) is 3.29. The first-order chi connectivity index (χ1) is 9.08. The lowest BCUT2D eigenvalue weighted by atomic mass is 10.1. The van der Waals surface area contributed by atoms with Crippen LogP contribution in [0, 0.1) is 5.82 Å². The number of halogens is 2. The molecule has 2 nitrogen and oxygen atoms in total. The second-order valence-electron chi connectivity index (χ2n) is 4.35. The van der Waals surface area contributed by atoms with Crippen LogP contribution in [0.4, 0.5) is 4.39 Å². The summed E-state index contributed by atoms with van der Waals surface area (Å²) in [5, 5.41) is 0. The highest BCUT2D eigenvalue weighted by Crippen LogP contribution is 2.25. The van der Waals surface area contributed by atoms with E-state index in [0.29, 0.717) is 11.3 Å². The van der Waals surface area contributed by atoms with Crippen molar-refractivity contribution in [2.24, 2.45) is 5.73 Å². The molecule has 0 fully saturated rings. The summed E-state index contributed by atoms with van der Waals surface area (Å²) in [5.41, 5.74) is 7.30. The zero-order valence-electron chi connectivity index (χ0n) is 10.6. The molecule has 0 saturated heterocycles. The Hall–Kier alpha value is -1.39. The van der Waals surface area contributed by atoms with Crippen LogP contribution in [0.15, 0.2) is 46.9 Å². The van der Waals surface area contributed by atoms with Gasteiger partial charge in [0.25, 0.3) is 0 Å². The minimum atomic E-state index is -0.276. The number of rotatable bonds is 4. The fourth-order valence-corrected chi connectivity index (χ4v) is 2.21. The predicted octanol–water partition coefficient (Wildman–Crippen LogP) is 4.19. The lowest BCUT2D eigenvalue weighted by molar-refractivity contribution is 0.295. The van der Waals surface area contributed by atoms with Gasteiger partial charge in [0.05, 0.1) is 0 Å². The topological polar surface area (TPSA) is 35.2 Å². The van der Waals surface area contributed by atoms with Crippen molar-refractivity contribution in [3.63, 3.8) is 0 Å². The average molecular weight is 324 g/mol. The van der Waals surface area contributed by atoms with Gasteiger partial charge in [-0.05, 0) is 31.2 Å². The van der Waals surface area contributed by atoms with Crippen molar-refractivity contribution in [2.75, 3.05) is 0 Å². The summed E-state index contributed by atoms with van der Waals surface area (Å²) in [6.07, 6.45) is 0. The van der Waals surface area contributed by atoms with Crippen LogP contribution in [-0.4, -0.2) is 0 Å². The Morgan fingerprint density at radius 2 is 2.00 bits per heavy atom. The molecule has 0 saturated carbocycles. The van der Waals surface area contributed by atoms with E-state index < -0.39 is 0 Å². The minimum Gasteiger partial charge on any atom is -0.488 e. The first-order valence-corrected chi connectivity index (χ1v) is 6.78. The molecule has 19 heavy (non-hydrogen) atoms. The average Bonchev–Trinajstić information content (AvgIpc) is 2.40. The normalized spacial score (nSPS) is 12.2. The summed E-state index contributed by atoms with van der Waals surface area (Å²) in [6, 6.07) is 12.2. The Morgan fingerprint density at radius 3 is 2.74 bits per heavy atom. The van der Waals surface area contributed by atoms with Crippen LogP contribution >= 0.6 is 15.9 Å². The first kappa shape index (κ1) is 14.0. The first-order valence-electron chi connectivity index (χ1n) is 5.99. The molecule has 2 rings (SSSR count). The Balaban J connectivity index is 2.17. The molecule has 0 unspecified atom stereocenters. The van der Waals surface area contributed by atoms with Crippen LogP contribution in [-0.2, 0) is 6.61 Å². The number of hydrogen-bond acceptors (Lipinski definition) is 2. The van der Waals surface area contributed by atoms with Crippen molar-refractivity contribution >= 4 is 15.9 Å². The molecule has 2 N–H and O–H groups in total. The smallest absolute Gasteiger partial charge is 0.129 e. The van der Waals surface area contributed by atoms with Crippen LogP contribution in [0.25, 0.3) is 0 Å². The second kappa shape index (κ2) is 6.17. The third-order valence-electron chi connectivity index (χ3n) is 2.80. The molecule has 0 aliphatic carbocycles. The summed E-state index contributed by atoms with van der Waals surface area (Å²) in [6.45, 7) is 2.07. The summed E-state index contributed by atoms with van der Waals surface area (Å²) in [5.74, 6) is 0.415. The van der Waals surface area contributed by atoms with Crippen LogP contribution in [0.5, 0.6) is 5.75 Å². The summed E-state index contributed by atoms with van der Waals surface area (Å²) >= 11 is 3.32. The SMILES string of the molecule is C[C@H](N)c1ccccc1OCc1cc(Br)ccc1F. The van der Waals surface area contributed by atoms with Gasteiger partial charge in [0.15, 0.2) is 0 Å². The molecule has 0 aliphatic heterocycles. The maximum atomic E-state index is 13.6. The van der Waals surface area contributed by atoms with Crippen molar-refractivity contribution in [3.05, 3.63) is 63.9 Å². The van der Waals surface area contributed by atoms with Gasteiger partial charge in [-0.25, -0.2) is 4.39 Å². The number of benzene rings is 2. The molecule has 0 bridgehead atoms. The van der Waals surface area contributed by atoms with Gasteiger partial charge in [0.1, 0.15) is 18.2 Å². The Bertz CT molecular complexity index is 572. The fraction of sp³-hybridized carbons (Fsp3) is 0.200. The molecule has 0 aliphatic rings. The van der Waals surface area contributed by atoms with Crippen LogP contribution < -0.4 is 10.5 Å². The van der Waals surface area contributed by atoms with Crippen LogP contribution in [0.3, 0.4) is 0 Å². The van der Waals surface area contributed by atoms with Crippen LogP contribution in [0.2, 0.25) is 0 Å². The highest BCUT2D eigenvalue weighted by molar-refractivity contribution is 9.10. The summed E-state index contributed by atoms with van der Waals surface area (Å²) < 4.78 is 20.1. The minimum absolute atomic E-state index is 0.122. The Labute approximate surface area is 120 Å². The zero-order valence-corrected chi connectivity index (χ0v) is 12.2. The van der Waals surface area contributed by atoms with Crippen molar-refractivity contribution < 1.29 is 9.13 Å². The fourth-order valence-electron chi connectivity index (χ4n) is 1.80. The highest BCUT2D eigenvalue weighted by atomic mass is 79.9. The molecule has 1 atom stereocenters. The lowest BCUT2D eigenvalue weighted by Crippen LogP contribution is -2.08. The molecule has 100 valence electrons. The van der Waals surface area contributed by atoms with E-state index >= 15 is 0 Å². The van der Waals surface area contributed by atoms with Gasteiger partial charge in [0, 0.05) is 21.6 Å². The van der Waals surface area contributed by atoms with Gasteiger partial charge in [-0.1, -0.05) is 34.1 Å². The van der Waals surface area contributed by atoms with Crippen molar-refractivity contribution in [3.8, 4) is 5.75 Å². The van der Waals surface area contributed by atoms with E-state index in [1.807, 2.05) is 31.2 Å². The third kappa shape index (κ3) is 3.55. The van der Waals surface area contributed by atoms with E-state index in [1.54, 1.807) is 12.1 Å². The largest absolute Gasteiger partial charge is 0.488 e. The number of hydrogen-bond donors (Lipinski definition) is 1. The van der Waals surface area contributed by atoms with E-state index in [9.17, 15) is 4.39 Å². The van der Waals surface area contributed by atoms with E-state index in [4.69, 9.17) is 10.5 Å². The molecule has 0 heterocycles. The second-order valence-corrected chi connectivity index (χ2v) is 5.27. The standard InChI is InChI=1S/C15H15BrFNO/c1-10(18)13-4-2-3-5-15(13)19-9-11-8-12(16)6-7-14(11)17/h2-8,10H,9,18H2,1H3/t10-/m0/s1. The van der Waals surface area contributed by atoms with Crippen molar-refractivity contribution in [2.45, 2.75) is 19.6 Å². The van der Waals surface area contributed by atoms with Crippen molar-refractivity contribution in [1.29, 1.82) is 0 Å². The molecular weight excluding hydrogens is 309 g/mol. The summed E-state index contributed by atoms with van der Waals surface area (Å²) in [4.78, 5) is 0. The number of nitrogens with two attached hydrogens (primary N) is 1. The molecule has 0 radical (unpaired) electrons. The zero-order chi connectivity index (χ0) is 13.8. The summed E-state index contributed by atoms with van der Waals surface area (Å²) in [7, 11) is 0. The Kier molecular flexibility index (Phi) is 4.56. The molecule has 2 aromatic carbocycles. The molecule has 2 aromatic rings. The number of para-hydroxylation sites is 1.